The van der Waals surface area contributed by atoms with Crippen LogP contribution in [-0.4, -0.2) is 10.9 Å². The highest BCUT2D eigenvalue weighted by molar-refractivity contribution is 5.88. The summed E-state index contributed by atoms with van der Waals surface area (Å²) >= 11 is 0. The average Bonchev–Trinajstić information content (AvgIpc) is 2.27. The Balaban J connectivity index is 0. The van der Waals surface area contributed by atoms with E-state index in [9.17, 15) is 4.79 Å². The number of pyridine rings is 1. The fourth-order valence-electron chi connectivity index (χ4n) is 0.783. The maximum Gasteiger partial charge on any atom is 0.222 e. The van der Waals surface area contributed by atoms with Crippen molar-refractivity contribution < 1.29 is 4.79 Å². The number of aromatic nitrogens is 1. The SMILES string of the molecule is CC.CC.CC(=O)Nc1ncccc1C. The Morgan fingerprint density at radius 1 is 1.27 bits per heavy atom. The van der Waals surface area contributed by atoms with Gasteiger partial charge in [-0.1, -0.05) is 33.8 Å². The number of nitrogens with one attached hydrogen (secondary N) is 1. The van der Waals surface area contributed by atoms with E-state index in [0.29, 0.717) is 5.82 Å². The first kappa shape index (κ1) is 16.1. The Labute approximate surface area is 92.9 Å². The number of hydrogen-bond donors (Lipinski definition) is 1. The maximum absolute atomic E-state index is 10.6. The van der Waals surface area contributed by atoms with Crippen molar-refractivity contribution in [3.63, 3.8) is 0 Å². The molecule has 0 aromatic carbocycles. The molecule has 1 amide bonds. The highest BCUT2D eigenvalue weighted by Gasteiger charge is 1.98. The smallest absolute Gasteiger partial charge is 0.222 e. The molecule has 1 aromatic rings. The summed E-state index contributed by atoms with van der Waals surface area (Å²) in [6, 6.07) is 3.74. The summed E-state index contributed by atoms with van der Waals surface area (Å²) < 4.78 is 0. The monoisotopic (exact) mass is 210 g/mol. The molecule has 0 saturated heterocycles. The molecule has 1 aromatic heterocycles. The minimum atomic E-state index is -0.0909. The first-order chi connectivity index (χ1) is 7.20. The number of hydrogen-bond acceptors (Lipinski definition) is 2. The largest absolute Gasteiger partial charge is 0.311 e. The highest BCUT2D eigenvalue weighted by atomic mass is 16.1. The molecule has 0 fully saturated rings. The van der Waals surface area contributed by atoms with Gasteiger partial charge in [0.1, 0.15) is 5.82 Å². The summed E-state index contributed by atoms with van der Waals surface area (Å²) in [6.45, 7) is 11.4. The maximum atomic E-state index is 10.6. The number of anilines is 1. The summed E-state index contributed by atoms with van der Waals surface area (Å²) in [4.78, 5) is 14.6. The lowest BCUT2D eigenvalue weighted by Gasteiger charge is -2.02. The molecule has 86 valence electrons. The number of nitrogens with zero attached hydrogens (tertiary/aromatic N) is 1. The second-order valence-corrected chi connectivity index (χ2v) is 2.35. The molecule has 0 aliphatic rings. The number of aryl methyl sites for hydroxylation is 1. The summed E-state index contributed by atoms with van der Waals surface area (Å²) in [7, 11) is 0. The minimum absolute atomic E-state index is 0.0909. The second kappa shape index (κ2) is 10.7. The summed E-state index contributed by atoms with van der Waals surface area (Å²) in [6.07, 6.45) is 1.65. The Morgan fingerprint density at radius 3 is 2.20 bits per heavy atom. The molecule has 3 heteroatoms. The predicted octanol–water partition coefficient (Wildman–Crippen LogP) is 3.40. The highest BCUT2D eigenvalue weighted by Crippen LogP contribution is 2.07. The van der Waals surface area contributed by atoms with Crippen molar-refractivity contribution in [3.05, 3.63) is 23.9 Å². The van der Waals surface area contributed by atoms with E-state index in [-0.39, 0.29) is 5.91 Å². The average molecular weight is 210 g/mol. The van der Waals surface area contributed by atoms with Crippen LogP contribution in [0.3, 0.4) is 0 Å². The zero-order valence-electron chi connectivity index (χ0n) is 10.6. The first-order valence-electron chi connectivity index (χ1n) is 5.39. The quantitative estimate of drug-likeness (QED) is 0.772. The summed E-state index contributed by atoms with van der Waals surface area (Å²) in [5.74, 6) is 0.548. The van der Waals surface area contributed by atoms with E-state index in [1.54, 1.807) is 6.20 Å². The summed E-state index contributed by atoms with van der Waals surface area (Å²) in [5, 5.41) is 2.62. The lowest BCUT2D eigenvalue weighted by atomic mass is 10.3. The second-order valence-electron chi connectivity index (χ2n) is 2.35. The van der Waals surface area contributed by atoms with Crippen LogP contribution < -0.4 is 5.32 Å². The van der Waals surface area contributed by atoms with E-state index in [2.05, 4.69) is 10.3 Å². The number of carbonyl (C=O) groups is 1. The van der Waals surface area contributed by atoms with Gasteiger partial charge in [-0.05, 0) is 18.6 Å². The molecular formula is C12H22N2O. The molecule has 0 unspecified atom stereocenters. The van der Waals surface area contributed by atoms with Crippen LogP contribution in [0.2, 0.25) is 0 Å². The van der Waals surface area contributed by atoms with Crippen LogP contribution in [0.4, 0.5) is 5.82 Å². The fourth-order valence-corrected chi connectivity index (χ4v) is 0.783. The van der Waals surface area contributed by atoms with Crippen LogP contribution in [0.5, 0.6) is 0 Å². The van der Waals surface area contributed by atoms with Gasteiger partial charge >= 0.3 is 0 Å². The zero-order valence-corrected chi connectivity index (χ0v) is 10.6. The Kier molecular flexibility index (Phi) is 11.5. The molecule has 0 spiro atoms. The van der Waals surface area contributed by atoms with Gasteiger partial charge in [0.25, 0.3) is 0 Å². The van der Waals surface area contributed by atoms with Gasteiger partial charge in [0.05, 0.1) is 0 Å². The lowest BCUT2D eigenvalue weighted by Crippen LogP contribution is -2.08. The van der Waals surface area contributed by atoms with Gasteiger partial charge in [0, 0.05) is 13.1 Å². The number of carbonyl (C=O) groups excluding carboxylic acids is 1. The first-order valence-corrected chi connectivity index (χ1v) is 5.39. The van der Waals surface area contributed by atoms with Crippen LogP contribution in [0, 0.1) is 6.92 Å². The molecule has 0 atom stereocenters. The van der Waals surface area contributed by atoms with Crippen LogP contribution in [0.15, 0.2) is 18.3 Å². The van der Waals surface area contributed by atoms with E-state index < -0.39 is 0 Å². The van der Waals surface area contributed by atoms with Crippen LogP contribution in [0.25, 0.3) is 0 Å². The van der Waals surface area contributed by atoms with Gasteiger partial charge in [-0.25, -0.2) is 4.98 Å². The molecule has 1 heterocycles. The van der Waals surface area contributed by atoms with Crippen molar-refractivity contribution in [1.29, 1.82) is 0 Å². The summed E-state index contributed by atoms with van der Waals surface area (Å²) in [5.41, 5.74) is 0.975. The number of rotatable bonds is 1. The van der Waals surface area contributed by atoms with Crippen molar-refractivity contribution in [2.75, 3.05) is 5.32 Å². The van der Waals surface area contributed by atoms with Gasteiger partial charge < -0.3 is 5.32 Å². The molecule has 0 radical (unpaired) electrons. The van der Waals surface area contributed by atoms with Gasteiger partial charge in [-0.3, -0.25) is 4.79 Å². The molecule has 0 saturated carbocycles. The van der Waals surface area contributed by atoms with Crippen LogP contribution in [-0.2, 0) is 4.79 Å². The van der Waals surface area contributed by atoms with E-state index in [4.69, 9.17) is 0 Å². The fraction of sp³-hybridized carbons (Fsp3) is 0.500. The van der Waals surface area contributed by atoms with Gasteiger partial charge in [0.2, 0.25) is 5.91 Å². The third-order valence-corrected chi connectivity index (χ3v) is 1.30. The number of amides is 1. The molecule has 0 aliphatic heterocycles. The molecule has 0 aliphatic carbocycles. The van der Waals surface area contributed by atoms with Crippen LogP contribution in [0.1, 0.15) is 40.2 Å². The van der Waals surface area contributed by atoms with Gasteiger partial charge in [-0.15, -0.1) is 0 Å². The van der Waals surface area contributed by atoms with Crippen molar-refractivity contribution >= 4 is 11.7 Å². The van der Waals surface area contributed by atoms with Crippen molar-refractivity contribution in [2.24, 2.45) is 0 Å². The van der Waals surface area contributed by atoms with Gasteiger partial charge in [-0.2, -0.15) is 0 Å². The Hall–Kier alpha value is -1.38. The molecule has 0 bridgehead atoms. The predicted molar refractivity (Wildman–Crippen MR) is 66.0 cm³/mol. The third kappa shape index (κ3) is 7.67. The van der Waals surface area contributed by atoms with E-state index in [1.165, 1.54) is 6.92 Å². The van der Waals surface area contributed by atoms with Crippen molar-refractivity contribution in [1.82, 2.24) is 4.98 Å². The minimum Gasteiger partial charge on any atom is -0.311 e. The van der Waals surface area contributed by atoms with E-state index in [0.717, 1.165) is 5.56 Å². The normalized spacial score (nSPS) is 7.60. The molecule has 1 rings (SSSR count). The molecule has 15 heavy (non-hydrogen) atoms. The van der Waals surface area contributed by atoms with Crippen LogP contribution >= 0.6 is 0 Å². The molecule has 1 N–H and O–H groups in total. The van der Waals surface area contributed by atoms with E-state index >= 15 is 0 Å². The topological polar surface area (TPSA) is 42.0 Å². The molecule has 3 nitrogen and oxygen atoms in total. The zero-order chi connectivity index (χ0) is 12.3. The third-order valence-electron chi connectivity index (χ3n) is 1.30. The standard InChI is InChI=1S/C8H10N2O.2C2H6/c1-6-4-3-5-9-8(6)10-7(2)11;2*1-2/h3-5H,1-2H3,(H,9,10,11);2*1-2H3. The van der Waals surface area contributed by atoms with Crippen molar-refractivity contribution in [2.45, 2.75) is 41.5 Å². The molecular weight excluding hydrogens is 188 g/mol. The van der Waals surface area contributed by atoms with E-state index in [1.807, 2.05) is 46.8 Å². The van der Waals surface area contributed by atoms with Crippen molar-refractivity contribution in [3.8, 4) is 0 Å². The Morgan fingerprint density at radius 2 is 1.80 bits per heavy atom. The lowest BCUT2D eigenvalue weighted by molar-refractivity contribution is -0.114. The Bertz CT molecular complexity index is 272. The van der Waals surface area contributed by atoms with Gasteiger partial charge in [0.15, 0.2) is 0 Å².